The molecule has 186 valence electrons. The minimum atomic E-state index is -4.52. The van der Waals surface area contributed by atoms with E-state index in [9.17, 15) is 13.2 Å². The van der Waals surface area contributed by atoms with E-state index in [0.717, 1.165) is 49.0 Å². The van der Waals surface area contributed by atoms with Crippen molar-refractivity contribution < 1.29 is 13.2 Å². The van der Waals surface area contributed by atoms with E-state index in [2.05, 4.69) is 22.0 Å². The van der Waals surface area contributed by atoms with Gasteiger partial charge in [0.15, 0.2) is 5.69 Å². The Morgan fingerprint density at radius 2 is 1.80 bits per heavy atom. The molecule has 0 aliphatic carbocycles. The van der Waals surface area contributed by atoms with Crippen LogP contribution in [0.1, 0.15) is 47.3 Å². The number of halogens is 4. The van der Waals surface area contributed by atoms with Crippen LogP contribution in [0.15, 0.2) is 42.5 Å². The average Bonchev–Trinajstić information content (AvgIpc) is 3.39. The summed E-state index contributed by atoms with van der Waals surface area (Å²) < 4.78 is 44.5. The smallest absolute Gasteiger partial charge is 0.312 e. The lowest BCUT2D eigenvalue weighted by atomic mass is 10.0. The molecule has 3 aromatic rings. The molecule has 2 aliphatic heterocycles. The molecule has 0 radical (unpaired) electrons. The summed E-state index contributed by atoms with van der Waals surface area (Å²) in [6.45, 7) is 6.04. The summed E-state index contributed by atoms with van der Waals surface area (Å²) in [5.41, 5.74) is 3.40. The number of alkyl halides is 3. The number of aryl methyl sites for hydroxylation is 2. The lowest BCUT2D eigenvalue weighted by Gasteiger charge is -2.32. The van der Waals surface area contributed by atoms with Crippen LogP contribution in [0.3, 0.4) is 0 Å². The second-order valence-electron chi connectivity index (χ2n) is 9.73. The minimum absolute atomic E-state index is 0.220. The molecule has 1 fully saturated rings. The molecule has 0 saturated carbocycles. The number of fused-ring (bicyclic) bond motifs is 1. The van der Waals surface area contributed by atoms with Gasteiger partial charge < -0.3 is 9.47 Å². The predicted octanol–water partition coefficient (Wildman–Crippen LogP) is 6.92. The van der Waals surface area contributed by atoms with Gasteiger partial charge in [0.2, 0.25) is 5.95 Å². The van der Waals surface area contributed by atoms with E-state index < -0.39 is 11.9 Å². The first-order valence-corrected chi connectivity index (χ1v) is 12.6. The standard InChI is InChI=1S/C27H30ClF3N4/c1-18-14-19(2)24(22(28)15-18)35-13-7-12-34-23(25(27(29,30)31)32-26(34)35)17-33-11-6-10-21(33)16-20-8-4-3-5-9-20/h3-5,8-9,14-15,21H,6-7,10-13,16-17H2,1-2H3. The Morgan fingerprint density at radius 3 is 2.51 bits per heavy atom. The van der Waals surface area contributed by atoms with E-state index in [0.29, 0.717) is 24.1 Å². The fourth-order valence-corrected chi connectivity index (χ4v) is 6.09. The van der Waals surface area contributed by atoms with Crippen LogP contribution in [0.2, 0.25) is 5.02 Å². The number of aromatic nitrogens is 2. The van der Waals surface area contributed by atoms with Crippen molar-refractivity contribution in [2.75, 3.05) is 18.0 Å². The van der Waals surface area contributed by atoms with Crippen molar-refractivity contribution in [2.24, 2.45) is 0 Å². The van der Waals surface area contributed by atoms with Gasteiger partial charge in [-0.2, -0.15) is 13.2 Å². The maximum absolute atomic E-state index is 14.3. The topological polar surface area (TPSA) is 24.3 Å². The Hall–Kier alpha value is -2.51. The van der Waals surface area contributed by atoms with E-state index in [1.165, 1.54) is 5.56 Å². The van der Waals surface area contributed by atoms with Gasteiger partial charge in [-0.15, -0.1) is 0 Å². The Bertz CT molecular complexity index is 1180. The molecule has 35 heavy (non-hydrogen) atoms. The number of likely N-dealkylation sites (tertiary alicyclic amines) is 1. The molecule has 1 aromatic heterocycles. The summed E-state index contributed by atoms with van der Waals surface area (Å²) in [5.74, 6) is 0.339. The third kappa shape index (κ3) is 4.81. The highest BCUT2D eigenvalue weighted by Gasteiger charge is 2.42. The normalized spacial score (nSPS) is 18.8. The van der Waals surface area contributed by atoms with Crippen molar-refractivity contribution in [1.29, 1.82) is 0 Å². The van der Waals surface area contributed by atoms with Crippen LogP contribution in [0.4, 0.5) is 24.8 Å². The van der Waals surface area contributed by atoms with Gasteiger partial charge >= 0.3 is 6.18 Å². The van der Waals surface area contributed by atoms with E-state index in [4.69, 9.17) is 11.6 Å². The zero-order valence-electron chi connectivity index (χ0n) is 20.1. The summed E-state index contributed by atoms with van der Waals surface area (Å²) in [4.78, 5) is 8.28. The molecule has 4 nitrogen and oxygen atoms in total. The Kier molecular flexibility index (Phi) is 6.57. The van der Waals surface area contributed by atoms with Crippen LogP contribution in [-0.4, -0.2) is 33.6 Å². The zero-order chi connectivity index (χ0) is 24.7. The van der Waals surface area contributed by atoms with E-state index in [-0.39, 0.29) is 18.3 Å². The number of hydrogen-bond donors (Lipinski definition) is 0. The summed E-state index contributed by atoms with van der Waals surface area (Å²) >= 11 is 6.60. The van der Waals surface area contributed by atoms with Crippen LogP contribution >= 0.6 is 11.6 Å². The highest BCUT2D eigenvalue weighted by atomic mass is 35.5. The highest BCUT2D eigenvalue weighted by Crippen LogP contribution is 2.42. The molecule has 0 bridgehead atoms. The van der Waals surface area contributed by atoms with Crippen molar-refractivity contribution in [3.63, 3.8) is 0 Å². The zero-order valence-corrected chi connectivity index (χ0v) is 20.8. The Balaban J connectivity index is 1.52. The summed E-state index contributed by atoms with van der Waals surface area (Å²) in [5, 5.41) is 0.538. The summed E-state index contributed by atoms with van der Waals surface area (Å²) in [7, 11) is 0. The number of rotatable bonds is 5. The number of hydrogen-bond acceptors (Lipinski definition) is 3. The molecule has 2 aliphatic rings. The lowest BCUT2D eigenvalue weighted by molar-refractivity contribution is -0.141. The van der Waals surface area contributed by atoms with Gasteiger partial charge in [0.1, 0.15) is 0 Å². The van der Waals surface area contributed by atoms with Gasteiger partial charge in [0.25, 0.3) is 0 Å². The Morgan fingerprint density at radius 1 is 1.03 bits per heavy atom. The molecule has 1 saturated heterocycles. The maximum Gasteiger partial charge on any atom is 0.435 e. The first-order valence-electron chi connectivity index (χ1n) is 12.2. The van der Waals surface area contributed by atoms with Crippen molar-refractivity contribution >= 4 is 23.2 Å². The number of benzene rings is 2. The quantitative estimate of drug-likeness (QED) is 0.378. The molecule has 0 N–H and O–H groups in total. The lowest BCUT2D eigenvalue weighted by Crippen LogP contribution is -2.34. The van der Waals surface area contributed by atoms with Gasteiger partial charge in [-0.05, 0) is 68.8 Å². The molecular formula is C27H30ClF3N4. The van der Waals surface area contributed by atoms with Crippen LogP contribution in [-0.2, 0) is 25.7 Å². The summed E-state index contributed by atoms with van der Waals surface area (Å²) in [6.07, 6.45) is -0.976. The number of nitrogens with zero attached hydrogens (tertiary/aromatic N) is 4. The fourth-order valence-electron chi connectivity index (χ4n) is 5.66. The second kappa shape index (κ2) is 9.51. The molecule has 8 heteroatoms. The molecule has 5 rings (SSSR count). The van der Waals surface area contributed by atoms with Crippen LogP contribution in [0, 0.1) is 13.8 Å². The van der Waals surface area contributed by atoms with Crippen molar-refractivity contribution in [1.82, 2.24) is 14.5 Å². The van der Waals surface area contributed by atoms with E-state index >= 15 is 0 Å². The van der Waals surface area contributed by atoms with Crippen molar-refractivity contribution in [3.05, 3.63) is 75.6 Å². The molecule has 1 atom stereocenters. The van der Waals surface area contributed by atoms with Crippen molar-refractivity contribution in [2.45, 2.75) is 64.8 Å². The van der Waals surface area contributed by atoms with Gasteiger partial charge in [0, 0.05) is 25.7 Å². The SMILES string of the molecule is Cc1cc(C)c(N2CCCn3c2nc(C(F)(F)F)c3CN2CCCC2Cc2ccccc2)c(Cl)c1. The van der Waals surface area contributed by atoms with E-state index in [1.807, 2.05) is 49.1 Å². The van der Waals surface area contributed by atoms with Crippen molar-refractivity contribution in [3.8, 4) is 0 Å². The fraction of sp³-hybridized carbons (Fsp3) is 0.444. The summed E-state index contributed by atoms with van der Waals surface area (Å²) in [6, 6.07) is 14.3. The molecule has 0 amide bonds. The van der Waals surface area contributed by atoms with E-state index in [1.54, 1.807) is 4.57 Å². The minimum Gasteiger partial charge on any atom is -0.312 e. The number of anilines is 2. The van der Waals surface area contributed by atoms with Gasteiger partial charge in [-0.1, -0.05) is 48.0 Å². The largest absolute Gasteiger partial charge is 0.435 e. The molecule has 0 spiro atoms. The monoisotopic (exact) mass is 502 g/mol. The molecular weight excluding hydrogens is 473 g/mol. The predicted molar refractivity (Wildman–Crippen MR) is 133 cm³/mol. The average molecular weight is 503 g/mol. The first kappa shape index (κ1) is 24.2. The molecule has 3 heterocycles. The maximum atomic E-state index is 14.3. The first-order chi connectivity index (χ1) is 16.7. The third-order valence-corrected chi connectivity index (χ3v) is 7.45. The molecule has 1 unspecified atom stereocenters. The third-order valence-electron chi connectivity index (χ3n) is 7.16. The van der Waals surface area contributed by atoms with Gasteiger partial charge in [-0.25, -0.2) is 4.98 Å². The second-order valence-corrected chi connectivity index (χ2v) is 10.1. The van der Waals surface area contributed by atoms with Gasteiger partial charge in [0.05, 0.1) is 16.4 Å². The van der Waals surface area contributed by atoms with Crippen LogP contribution in [0.5, 0.6) is 0 Å². The highest BCUT2D eigenvalue weighted by molar-refractivity contribution is 6.33. The number of imidazole rings is 1. The van der Waals surface area contributed by atoms with Gasteiger partial charge in [-0.3, -0.25) is 4.90 Å². The Labute approximate surface area is 209 Å². The van der Waals surface area contributed by atoms with Crippen LogP contribution < -0.4 is 4.90 Å². The molecule has 2 aromatic carbocycles. The van der Waals surface area contributed by atoms with Crippen LogP contribution in [0.25, 0.3) is 0 Å².